The quantitative estimate of drug-likeness (QED) is 0.383. The number of ether oxygens (including phenoxy) is 3. The van der Waals surface area contributed by atoms with Crippen LogP contribution in [0.15, 0.2) is 48.7 Å². The van der Waals surface area contributed by atoms with E-state index >= 15 is 0 Å². The van der Waals surface area contributed by atoms with Crippen LogP contribution in [0, 0.1) is 0 Å². The summed E-state index contributed by atoms with van der Waals surface area (Å²) in [5.41, 5.74) is 2.44. The molecule has 1 aliphatic heterocycles. The maximum Gasteiger partial charge on any atom is 0.328 e. The molecular weight excluding hydrogens is 448 g/mol. The number of unbranched alkanes of at least 4 members (excludes halogenated alkanes) is 1. The Hall–Kier alpha value is -3.52. The van der Waals surface area contributed by atoms with Crippen molar-refractivity contribution < 1.29 is 28.9 Å². The van der Waals surface area contributed by atoms with Crippen LogP contribution in [0.4, 0.5) is 0 Å². The average Bonchev–Trinajstić information content (AvgIpc) is 3.29. The Bertz CT molecular complexity index is 1170. The number of carbonyl (C=O) groups is 2. The van der Waals surface area contributed by atoms with Crippen LogP contribution in [0.1, 0.15) is 43.2 Å². The third-order valence-corrected chi connectivity index (χ3v) is 6.35. The van der Waals surface area contributed by atoms with Gasteiger partial charge in [-0.25, -0.2) is 4.79 Å². The van der Waals surface area contributed by atoms with Crippen LogP contribution in [0.5, 0.6) is 11.5 Å². The van der Waals surface area contributed by atoms with E-state index in [1.165, 1.54) is 7.11 Å². The molecule has 0 fully saturated rings. The van der Waals surface area contributed by atoms with Gasteiger partial charge in [0.05, 0.1) is 19.1 Å². The van der Waals surface area contributed by atoms with Crippen molar-refractivity contribution in [2.45, 2.75) is 50.7 Å². The molecule has 4 rings (SSSR count). The normalized spacial score (nSPS) is 15.3. The number of para-hydroxylation sites is 1. The lowest BCUT2D eigenvalue weighted by molar-refractivity contribution is -0.145. The number of aliphatic hydroxyl groups is 1. The van der Waals surface area contributed by atoms with Crippen molar-refractivity contribution in [3.05, 3.63) is 59.8 Å². The maximum absolute atomic E-state index is 13.6. The predicted octanol–water partition coefficient (Wildman–Crippen LogP) is 3.47. The monoisotopic (exact) mass is 480 g/mol. The van der Waals surface area contributed by atoms with Crippen LogP contribution in [0.3, 0.4) is 0 Å². The first-order valence-corrected chi connectivity index (χ1v) is 12.0. The zero-order valence-electron chi connectivity index (χ0n) is 20.1. The Morgan fingerprint density at radius 1 is 1.14 bits per heavy atom. The molecule has 1 aliphatic rings. The number of nitrogens with one attached hydrogen (secondary N) is 2. The number of carbonyl (C=O) groups excluding carboxylic acids is 2. The second-order valence-corrected chi connectivity index (χ2v) is 8.74. The Morgan fingerprint density at radius 3 is 2.69 bits per heavy atom. The molecule has 0 bridgehead atoms. The van der Waals surface area contributed by atoms with Crippen LogP contribution in [0.25, 0.3) is 10.9 Å². The largest absolute Gasteiger partial charge is 0.486 e. The van der Waals surface area contributed by atoms with Gasteiger partial charge in [0.15, 0.2) is 11.5 Å². The van der Waals surface area contributed by atoms with Gasteiger partial charge in [-0.1, -0.05) is 44.0 Å². The van der Waals surface area contributed by atoms with Crippen LogP contribution < -0.4 is 14.8 Å². The van der Waals surface area contributed by atoms with Crippen molar-refractivity contribution in [1.82, 2.24) is 10.3 Å². The first-order valence-electron chi connectivity index (χ1n) is 12.0. The topological polar surface area (TPSA) is 110 Å². The van der Waals surface area contributed by atoms with Gasteiger partial charge in [-0.3, -0.25) is 4.79 Å². The molecule has 0 spiro atoms. The fourth-order valence-electron chi connectivity index (χ4n) is 4.50. The Balaban J connectivity index is 1.60. The molecule has 0 saturated heterocycles. The minimum Gasteiger partial charge on any atom is -0.486 e. The van der Waals surface area contributed by atoms with E-state index in [4.69, 9.17) is 14.2 Å². The number of aromatic nitrogens is 1. The highest BCUT2D eigenvalue weighted by atomic mass is 16.6. The van der Waals surface area contributed by atoms with Crippen molar-refractivity contribution in [2.75, 3.05) is 20.3 Å². The predicted molar refractivity (Wildman–Crippen MR) is 132 cm³/mol. The number of esters is 1. The van der Waals surface area contributed by atoms with E-state index in [1.807, 2.05) is 37.4 Å². The van der Waals surface area contributed by atoms with Crippen LogP contribution >= 0.6 is 0 Å². The zero-order chi connectivity index (χ0) is 24.8. The first-order chi connectivity index (χ1) is 17.0. The number of hydrogen-bond donors (Lipinski definition) is 3. The van der Waals surface area contributed by atoms with E-state index in [-0.39, 0.29) is 6.42 Å². The number of methoxy groups -OCH3 is 1. The molecule has 8 nitrogen and oxygen atoms in total. The van der Waals surface area contributed by atoms with Gasteiger partial charge in [0, 0.05) is 23.5 Å². The first kappa shape index (κ1) is 24.6. The van der Waals surface area contributed by atoms with Crippen LogP contribution in [0.2, 0.25) is 0 Å². The van der Waals surface area contributed by atoms with Gasteiger partial charge in [-0.05, 0) is 35.7 Å². The molecule has 186 valence electrons. The van der Waals surface area contributed by atoms with E-state index in [1.54, 1.807) is 18.2 Å². The third kappa shape index (κ3) is 5.59. The molecule has 8 heteroatoms. The van der Waals surface area contributed by atoms with Crippen molar-refractivity contribution in [1.29, 1.82) is 0 Å². The second-order valence-electron chi connectivity index (χ2n) is 8.74. The standard InChI is InChI=1S/C27H32N2O6/c1-3-4-9-22(30)25(17-10-11-23-24(15-17)35-13-12-34-23)26(31)29-21(27(32)33-2)14-18-16-28-20-8-6-5-7-19(18)20/h5-8,10-11,15-16,21-22,25,28,30H,3-4,9,12-14H2,1-2H3,(H,29,31)/t21-,22?,25?/m0/s1. The van der Waals surface area contributed by atoms with E-state index in [9.17, 15) is 14.7 Å². The SMILES string of the molecule is CCCCC(O)C(C(=O)N[C@@H](Cc1c[nH]c2ccccc12)C(=O)OC)c1ccc2c(c1)OCCO2. The Morgan fingerprint density at radius 2 is 1.91 bits per heavy atom. The third-order valence-electron chi connectivity index (χ3n) is 6.35. The van der Waals surface area contributed by atoms with E-state index in [2.05, 4.69) is 10.3 Å². The summed E-state index contributed by atoms with van der Waals surface area (Å²) in [5.74, 6) is -0.729. The van der Waals surface area contributed by atoms with Gasteiger partial charge >= 0.3 is 5.97 Å². The summed E-state index contributed by atoms with van der Waals surface area (Å²) in [5, 5.41) is 14.8. The number of H-pyrrole nitrogens is 1. The van der Waals surface area contributed by atoms with Gasteiger partial charge in [-0.2, -0.15) is 0 Å². The molecule has 35 heavy (non-hydrogen) atoms. The summed E-state index contributed by atoms with van der Waals surface area (Å²) in [7, 11) is 1.30. The lowest BCUT2D eigenvalue weighted by Crippen LogP contribution is -2.47. The summed E-state index contributed by atoms with van der Waals surface area (Å²) >= 11 is 0. The second kappa shape index (κ2) is 11.3. The van der Waals surface area contributed by atoms with E-state index in [0.29, 0.717) is 36.7 Å². The maximum atomic E-state index is 13.6. The molecule has 0 aliphatic carbocycles. The van der Waals surface area contributed by atoms with Gasteiger partial charge < -0.3 is 29.6 Å². The fourth-order valence-corrected chi connectivity index (χ4v) is 4.50. The highest BCUT2D eigenvalue weighted by Gasteiger charge is 2.33. The van der Waals surface area contributed by atoms with Crippen LogP contribution in [-0.4, -0.2) is 54.4 Å². The Kier molecular flexibility index (Phi) is 7.92. The highest BCUT2D eigenvalue weighted by molar-refractivity contribution is 5.90. The Labute approximate surface area is 204 Å². The van der Waals surface area contributed by atoms with Gasteiger partial charge in [-0.15, -0.1) is 0 Å². The average molecular weight is 481 g/mol. The van der Waals surface area contributed by atoms with Gasteiger partial charge in [0.25, 0.3) is 0 Å². The number of aromatic amines is 1. The molecule has 1 amide bonds. The van der Waals surface area contributed by atoms with Crippen LogP contribution in [-0.2, 0) is 20.7 Å². The summed E-state index contributed by atoms with van der Waals surface area (Å²) in [6.07, 6.45) is 3.27. The summed E-state index contributed by atoms with van der Waals surface area (Å²) in [4.78, 5) is 29.4. The molecule has 2 aromatic carbocycles. The molecule has 2 heterocycles. The fraction of sp³-hybridized carbons (Fsp3) is 0.407. The van der Waals surface area contributed by atoms with Crippen molar-refractivity contribution in [3.8, 4) is 11.5 Å². The number of rotatable bonds is 10. The van der Waals surface area contributed by atoms with Gasteiger partial charge in [0.1, 0.15) is 19.3 Å². The molecule has 0 saturated carbocycles. The van der Waals surface area contributed by atoms with E-state index in [0.717, 1.165) is 29.3 Å². The molecule has 2 unspecified atom stereocenters. The van der Waals surface area contributed by atoms with Gasteiger partial charge in [0.2, 0.25) is 5.91 Å². The lowest BCUT2D eigenvalue weighted by atomic mass is 9.88. The van der Waals surface area contributed by atoms with Crippen molar-refractivity contribution >= 4 is 22.8 Å². The minimum absolute atomic E-state index is 0.251. The summed E-state index contributed by atoms with van der Waals surface area (Å²) in [6.45, 7) is 2.91. The van der Waals surface area contributed by atoms with Crippen molar-refractivity contribution in [2.24, 2.45) is 0 Å². The molecule has 0 radical (unpaired) electrons. The highest BCUT2D eigenvalue weighted by Crippen LogP contribution is 2.35. The molecule has 3 atom stereocenters. The molecule has 3 N–H and O–H groups in total. The van der Waals surface area contributed by atoms with E-state index < -0.39 is 29.9 Å². The molecular formula is C27H32N2O6. The number of aliphatic hydroxyl groups excluding tert-OH is 1. The number of hydrogen-bond acceptors (Lipinski definition) is 6. The zero-order valence-corrected chi connectivity index (χ0v) is 20.1. The summed E-state index contributed by atoms with van der Waals surface area (Å²) < 4.78 is 16.3. The lowest BCUT2D eigenvalue weighted by Gasteiger charge is -2.27. The number of amides is 1. The van der Waals surface area contributed by atoms with Crippen molar-refractivity contribution in [3.63, 3.8) is 0 Å². The molecule has 1 aromatic heterocycles. The smallest absolute Gasteiger partial charge is 0.328 e. The number of fused-ring (bicyclic) bond motifs is 2. The summed E-state index contributed by atoms with van der Waals surface area (Å²) in [6, 6.07) is 12.1. The minimum atomic E-state index is -0.927. The molecule has 3 aromatic rings. The number of benzene rings is 2.